The number of carbonyl (C=O) groups excluding carboxylic acids is 1. The highest BCUT2D eigenvalue weighted by Crippen LogP contribution is 2.32. The lowest BCUT2D eigenvalue weighted by atomic mass is 10.0. The van der Waals surface area contributed by atoms with Gasteiger partial charge in [-0.1, -0.05) is 0 Å². The minimum atomic E-state index is -4.62. The average molecular weight is 463 g/mol. The Balaban J connectivity index is 1.74. The number of hydrogen-bond acceptors (Lipinski definition) is 7. The molecule has 4 rings (SSSR count). The van der Waals surface area contributed by atoms with Crippen molar-refractivity contribution in [3.8, 4) is 6.01 Å². The van der Waals surface area contributed by atoms with Gasteiger partial charge in [0.2, 0.25) is 0 Å². The van der Waals surface area contributed by atoms with Crippen LogP contribution in [0.2, 0.25) is 0 Å². The first kappa shape index (κ1) is 22.8. The minimum absolute atomic E-state index is 0.0793. The molecule has 2 N–H and O–H groups in total. The van der Waals surface area contributed by atoms with Gasteiger partial charge in [-0.05, 0) is 26.0 Å². The van der Waals surface area contributed by atoms with Crippen LogP contribution >= 0.6 is 0 Å². The lowest BCUT2D eigenvalue weighted by molar-refractivity contribution is -0.141. The maximum absolute atomic E-state index is 13.1. The van der Waals surface area contributed by atoms with Crippen LogP contribution in [-0.2, 0) is 13.2 Å². The third-order valence-corrected chi connectivity index (χ3v) is 5.44. The van der Waals surface area contributed by atoms with Crippen molar-refractivity contribution < 1.29 is 22.7 Å². The number of hydrogen-bond donors (Lipinski definition) is 2. The molecule has 1 fully saturated rings. The number of benzene rings is 1. The number of nitrogens with zero attached hydrogens (tertiary/aromatic N) is 5. The quantitative estimate of drug-likeness (QED) is 0.614. The van der Waals surface area contributed by atoms with E-state index in [2.05, 4.69) is 44.4 Å². The lowest BCUT2D eigenvalue weighted by Gasteiger charge is -2.38. The summed E-state index contributed by atoms with van der Waals surface area (Å²) in [5.74, 6) is -0.707. The molecule has 0 radical (unpaired) electrons. The fraction of sp³-hybridized carbons (Fsp3) is 0.429. The third kappa shape index (κ3) is 4.56. The molecule has 3 heterocycles. The highest BCUT2D eigenvalue weighted by molar-refractivity contribution is 6.13. The van der Waals surface area contributed by atoms with Gasteiger partial charge in [0.1, 0.15) is 5.82 Å². The van der Waals surface area contributed by atoms with E-state index in [1.165, 1.54) is 14.2 Å². The average Bonchev–Trinajstić information content (AvgIpc) is 3.12. The molecule has 1 aliphatic heterocycles. The number of carbonyl (C=O) groups is 1. The monoisotopic (exact) mass is 463 g/mol. The van der Waals surface area contributed by atoms with Gasteiger partial charge in [0.15, 0.2) is 5.69 Å². The van der Waals surface area contributed by atoms with Crippen molar-refractivity contribution >= 4 is 28.3 Å². The maximum atomic E-state index is 13.1. The molecule has 0 saturated carbocycles. The molecule has 2 aromatic heterocycles. The minimum Gasteiger partial charge on any atom is -0.467 e. The first-order valence-corrected chi connectivity index (χ1v) is 10.3. The van der Waals surface area contributed by atoms with Gasteiger partial charge in [-0.15, -0.1) is 0 Å². The van der Waals surface area contributed by atoms with Gasteiger partial charge >= 0.3 is 12.2 Å². The molecule has 3 aromatic rings. The number of methoxy groups -OCH3 is 1. The van der Waals surface area contributed by atoms with Gasteiger partial charge in [0, 0.05) is 55.6 Å². The molecule has 2 unspecified atom stereocenters. The Labute approximate surface area is 187 Å². The molecule has 0 spiro atoms. The zero-order valence-corrected chi connectivity index (χ0v) is 18.6. The zero-order valence-electron chi connectivity index (χ0n) is 18.6. The molecular formula is C21H24F3N7O2. The van der Waals surface area contributed by atoms with E-state index in [4.69, 9.17) is 4.74 Å². The number of piperazine rings is 1. The van der Waals surface area contributed by atoms with Gasteiger partial charge in [-0.25, -0.2) is 4.98 Å². The van der Waals surface area contributed by atoms with Crippen LogP contribution in [-0.4, -0.2) is 57.9 Å². The van der Waals surface area contributed by atoms with Crippen molar-refractivity contribution in [2.75, 3.05) is 30.4 Å². The van der Waals surface area contributed by atoms with Crippen LogP contribution in [0.4, 0.5) is 24.7 Å². The second kappa shape index (κ2) is 8.50. The number of ether oxygens (including phenoxy) is 1. The summed E-state index contributed by atoms with van der Waals surface area (Å²) >= 11 is 0. The second-order valence-corrected chi connectivity index (χ2v) is 8.12. The van der Waals surface area contributed by atoms with Crippen LogP contribution in [0.1, 0.15) is 29.9 Å². The van der Waals surface area contributed by atoms with Gasteiger partial charge in [0.25, 0.3) is 5.91 Å². The molecule has 1 amide bonds. The number of aryl methyl sites for hydroxylation is 1. The van der Waals surface area contributed by atoms with Crippen molar-refractivity contribution in [3.05, 3.63) is 35.7 Å². The van der Waals surface area contributed by atoms with E-state index >= 15 is 0 Å². The zero-order chi connectivity index (χ0) is 23.9. The number of nitrogens with one attached hydrogen (secondary N) is 2. The summed E-state index contributed by atoms with van der Waals surface area (Å²) in [5, 5.41) is 10.0. The Hall–Kier alpha value is -3.41. The lowest BCUT2D eigenvalue weighted by Crippen LogP contribution is -2.54. The van der Waals surface area contributed by atoms with Crippen LogP contribution in [0.5, 0.6) is 6.01 Å². The molecule has 9 nitrogen and oxygen atoms in total. The van der Waals surface area contributed by atoms with Crippen LogP contribution in [0, 0.1) is 0 Å². The topological polar surface area (TPSA) is 97.2 Å². The van der Waals surface area contributed by atoms with Gasteiger partial charge < -0.3 is 20.3 Å². The fourth-order valence-corrected chi connectivity index (χ4v) is 4.08. The molecule has 0 aliphatic carbocycles. The van der Waals surface area contributed by atoms with Crippen molar-refractivity contribution in [2.24, 2.45) is 7.05 Å². The molecule has 1 aromatic carbocycles. The number of alkyl halides is 3. The summed E-state index contributed by atoms with van der Waals surface area (Å²) in [5.41, 5.74) is 0.296. The number of halogens is 3. The van der Waals surface area contributed by atoms with Crippen molar-refractivity contribution in [2.45, 2.75) is 32.1 Å². The Morgan fingerprint density at radius 3 is 2.55 bits per heavy atom. The Bertz CT molecular complexity index is 1180. The third-order valence-electron chi connectivity index (χ3n) is 5.44. The smallest absolute Gasteiger partial charge is 0.435 e. The normalized spacial score (nSPS) is 19.1. The highest BCUT2D eigenvalue weighted by Gasteiger charge is 2.35. The first-order valence-electron chi connectivity index (χ1n) is 10.3. The highest BCUT2D eigenvalue weighted by atomic mass is 19.4. The van der Waals surface area contributed by atoms with Crippen LogP contribution < -0.4 is 20.3 Å². The van der Waals surface area contributed by atoms with E-state index in [0.717, 1.165) is 29.5 Å². The van der Waals surface area contributed by atoms with Gasteiger partial charge in [-0.3, -0.25) is 9.48 Å². The molecule has 0 bridgehead atoms. The van der Waals surface area contributed by atoms with E-state index in [1.807, 2.05) is 6.07 Å². The Kier molecular flexibility index (Phi) is 5.87. The fourth-order valence-electron chi connectivity index (χ4n) is 4.08. The summed E-state index contributed by atoms with van der Waals surface area (Å²) < 4.78 is 45.0. The first-order chi connectivity index (χ1) is 15.6. The summed E-state index contributed by atoms with van der Waals surface area (Å²) in [4.78, 5) is 23.8. The van der Waals surface area contributed by atoms with Crippen LogP contribution in [0.15, 0.2) is 24.4 Å². The van der Waals surface area contributed by atoms with E-state index in [9.17, 15) is 18.0 Å². The number of anilines is 2. The van der Waals surface area contributed by atoms with Crippen molar-refractivity contribution in [1.82, 2.24) is 25.1 Å². The predicted molar refractivity (Wildman–Crippen MR) is 117 cm³/mol. The predicted octanol–water partition coefficient (Wildman–Crippen LogP) is 2.83. The van der Waals surface area contributed by atoms with E-state index in [-0.39, 0.29) is 29.5 Å². The van der Waals surface area contributed by atoms with E-state index < -0.39 is 17.8 Å². The number of aromatic nitrogens is 4. The van der Waals surface area contributed by atoms with Crippen molar-refractivity contribution in [1.29, 1.82) is 0 Å². The molecule has 12 heteroatoms. The van der Waals surface area contributed by atoms with Gasteiger partial charge in [-0.2, -0.15) is 23.3 Å². The largest absolute Gasteiger partial charge is 0.467 e. The summed E-state index contributed by atoms with van der Waals surface area (Å²) in [6.07, 6.45) is -3.02. The standard InChI is InChI=1S/C21H24F3N7O2/c1-11-9-31(10-12(2)26-11)15-6-5-13(18-14(15)8-25-20(28-18)33-4)19(32)27-17-7-16(21(22,23)24)29-30(17)3/h5-8,11-12,26H,9-10H2,1-4H3,(H,27,32). The van der Waals surface area contributed by atoms with Crippen LogP contribution in [0.3, 0.4) is 0 Å². The number of fused-ring (bicyclic) bond motifs is 1. The summed E-state index contributed by atoms with van der Waals surface area (Å²) in [6.45, 7) is 5.70. The second-order valence-electron chi connectivity index (χ2n) is 8.12. The summed E-state index contributed by atoms with van der Waals surface area (Å²) in [7, 11) is 2.74. The summed E-state index contributed by atoms with van der Waals surface area (Å²) in [6, 6.07) is 4.81. The van der Waals surface area contributed by atoms with E-state index in [1.54, 1.807) is 12.3 Å². The molecule has 176 valence electrons. The molecule has 2 atom stereocenters. The van der Waals surface area contributed by atoms with E-state index in [0.29, 0.717) is 10.9 Å². The Morgan fingerprint density at radius 1 is 1.24 bits per heavy atom. The number of rotatable bonds is 4. The Morgan fingerprint density at radius 2 is 1.94 bits per heavy atom. The molecular weight excluding hydrogens is 439 g/mol. The number of amides is 1. The molecule has 1 aliphatic rings. The van der Waals surface area contributed by atoms with Crippen LogP contribution in [0.25, 0.3) is 10.9 Å². The van der Waals surface area contributed by atoms with Crippen molar-refractivity contribution in [3.63, 3.8) is 0 Å². The van der Waals surface area contributed by atoms with Gasteiger partial charge in [0.05, 0.1) is 18.2 Å². The molecule has 33 heavy (non-hydrogen) atoms. The molecule has 1 saturated heterocycles. The maximum Gasteiger partial charge on any atom is 0.435 e. The SMILES string of the molecule is COc1ncc2c(N3CC(C)NC(C)C3)ccc(C(=O)Nc3cc(C(F)(F)F)nn3C)c2n1.